The van der Waals surface area contributed by atoms with E-state index in [1.807, 2.05) is 0 Å². The van der Waals surface area contributed by atoms with E-state index < -0.39 is 0 Å². The van der Waals surface area contributed by atoms with Gasteiger partial charge in [0.15, 0.2) is 0 Å². The number of nitrogens with zero attached hydrogens (tertiary/aromatic N) is 2. The summed E-state index contributed by atoms with van der Waals surface area (Å²) in [6.45, 7) is 4.50. The number of benzene rings is 1. The van der Waals surface area contributed by atoms with Crippen molar-refractivity contribution in [3.05, 3.63) is 35.5 Å². The van der Waals surface area contributed by atoms with E-state index in [9.17, 15) is 0 Å². The Morgan fingerprint density at radius 1 is 1.26 bits per heavy atom. The van der Waals surface area contributed by atoms with Gasteiger partial charge in [0.1, 0.15) is 0 Å². The van der Waals surface area contributed by atoms with Crippen LogP contribution in [0.25, 0.3) is 10.9 Å². The van der Waals surface area contributed by atoms with Gasteiger partial charge in [-0.25, -0.2) is 0 Å². The average Bonchev–Trinajstić information content (AvgIpc) is 2.84. The van der Waals surface area contributed by atoms with Gasteiger partial charge in [-0.2, -0.15) is 0 Å². The predicted octanol–water partition coefficient (Wildman–Crippen LogP) is 2.16. The van der Waals surface area contributed by atoms with Gasteiger partial charge in [-0.05, 0) is 43.1 Å². The highest BCUT2D eigenvalue weighted by molar-refractivity contribution is 5.85. The SMILES string of the molecule is CN1CCNCC1c1cc2c3c(ccn3CCC2)c1. The smallest absolute Gasteiger partial charge is 0.0513 e. The number of piperazine rings is 1. The number of hydrogen-bond donors (Lipinski definition) is 1. The molecule has 3 heteroatoms. The van der Waals surface area contributed by atoms with Gasteiger partial charge in [0, 0.05) is 43.8 Å². The Hall–Kier alpha value is -1.32. The van der Waals surface area contributed by atoms with Gasteiger partial charge in [-0.3, -0.25) is 4.90 Å². The molecular weight excluding hydrogens is 234 g/mol. The Balaban J connectivity index is 1.83. The number of aryl methyl sites for hydroxylation is 2. The van der Waals surface area contributed by atoms with Crippen molar-refractivity contribution in [1.82, 2.24) is 14.8 Å². The van der Waals surface area contributed by atoms with Gasteiger partial charge in [-0.1, -0.05) is 6.07 Å². The van der Waals surface area contributed by atoms with Gasteiger partial charge in [-0.15, -0.1) is 0 Å². The van der Waals surface area contributed by atoms with Crippen LogP contribution in [0.15, 0.2) is 24.4 Å². The molecule has 1 aromatic carbocycles. The number of hydrogen-bond acceptors (Lipinski definition) is 2. The van der Waals surface area contributed by atoms with Gasteiger partial charge < -0.3 is 9.88 Å². The molecule has 2 aliphatic heterocycles. The molecule has 1 fully saturated rings. The van der Waals surface area contributed by atoms with E-state index in [-0.39, 0.29) is 0 Å². The summed E-state index contributed by atoms with van der Waals surface area (Å²) in [5.41, 5.74) is 4.50. The van der Waals surface area contributed by atoms with Gasteiger partial charge in [0.05, 0.1) is 5.52 Å². The first-order valence-corrected chi connectivity index (χ1v) is 7.35. The first-order chi connectivity index (χ1) is 9.33. The molecule has 0 aliphatic carbocycles. The number of aromatic nitrogens is 1. The third kappa shape index (κ3) is 1.80. The van der Waals surface area contributed by atoms with Crippen LogP contribution in [0.1, 0.15) is 23.6 Å². The third-order valence-corrected chi connectivity index (χ3v) is 4.70. The molecule has 1 unspecified atom stereocenters. The molecule has 0 radical (unpaired) electrons. The summed E-state index contributed by atoms with van der Waals surface area (Å²) < 4.78 is 2.42. The van der Waals surface area contributed by atoms with Crippen LogP contribution in [-0.4, -0.2) is 36.1 Å². The summed E-state index contributed by atoms with van der Waals surface area (Å²) >= 11 is 0. The molecule has 100 valence electrons. The van der Waals surface area contributed by atoms with Crippen LogP contribution in [0.5, 0.6) is 0 Å². The Bertz CT molecular complexity index is 614. The van der Waals surface area contributed by atoms with Crippen molar-refractivity contribution in [2.24, 2.45) is 0 Å². The van der Waals surface area contributed by atoms with Crippen molar-refractivity contribution in [3.63, 3.8) is 0 Å². The zero-order chi connectivity index (χ0) is 12.8. The van der Waals surface area contributed by atoms with E-state index >= 15 is 0 Å². The van der Waals surface area contributed by atoms with Crippen LogP contribution in [0.4, 0.5) is 0 Å². The third-order valence-electron chi connectivity index (χ3n) is 4.70. The summed E-state index contributed by atoms with van der Waals surface area (Å²) in [6, 6.07) is 7.66. The van der Waals surface area contributed by atoms with Crippen LogP contribution in [0.3, 0.4) is 0 Å². The van der Waals surface area contributed by atoms with Crippen LogP contribution in [-0.2, 0) is 13.0 Å². The average molecular weight is 255 g/mol. The van der Waals surface area contributed by atoms with Crippen LogP contribution in [0.2, 0.25) is 0 Å². The fourth-order valence-electron chi connectivity index (χ4n) is 3.65. The van der Waals surface area contributed by atoms with Crippen molar-refractivity contribution in [1.29, 1.82) is 0 Å². The quantitative estimate of drug-likeness (QED) is 0.842. The maximum Gasteiger partial charge on any atom is 0.0513 e. The first kappa shape index (κ1) is 11.5. The first-order valence-electron chi connectivity index (χ1n) is 7.35. The Morgan fingerprint density at radius 2 is 2.21 bits per heavy atom. The minimum absolute atomic E-state index is 0.527. The lowest BCUT2D eigenvalue weighted by Crippen LogP contribution is -2.43. The van der Waals surface area contributed by atoms with Crippen LogP contribution < -0.4 is 5.32 Å². The Labute approximate surface area is 114 Å². The molecule has 1 atom stereocenters. The van der Waals surface area contributed by atoms with Crippen molar-refractivity contribution < 1.29 is 0 Å². The maximum absolute atomic E-state index is 3.52. The maximum atomic E-state index is 3.52. The summed E-state index contributed by atoms with van der Waals surface area (Å²) in [5, 5.41) is 4.94. The normalized spacial score (nSPS) is 23.9. The molecule has 19 heavy (non-hydrogen) atoms. The van der Waals surface area contributed by atoms with Crippen molar-refractivity contribution in [2.75, 3.05) is 26.7 Å². The van der Waals surface area contributed by atoms with Crippen LogP contribution in [0, 0.1) is 0 Å². The molecule has 1 saturated heterocycles. The molecular formula is C16H21N3. The van der Waals surface area contributed by atoms with Crippen LogP contribution >= 0.6 is 0 Å². The number of likely N-dealkylation sites (N-methyl/N-ethyl adjacent to an activating group) is 1. The van der Waals surface area contributed by atoms with Gasteiger partial charge >= 0.3 is 0 Å². The van der Waals surface area contributed by atoms with E-state index in [0.29, 0.717) is 6.04 Å². The highest BCUT2D eigenvalue weighted by Gasteiger charge is 2.22. The van der Waals surface area contributed by atoms with E-state index in [2.05, 4.69) is 46.2 Å². The molecule has 0 amide bonds. The molecule has 0 bridgehead atoms. The number of rotatable bonds is 1. The second-order valence-corrected chi connectivity index (χ2v) is 5.93. The summed E-state index contributed by atoms with van der Waals surface area (Å²) in [4.78, 5) is 2.48. The minimum atomic E-state index is 0.527. The minimum Gasteiger partial charge on any atom is -0.347 e. The molecule has 1 N–H and O–H groups in total. The number of nitrogens with one attached hydrogen (secondary N) is 1. The van der Waals surface area contributed by atoms with Crippen molar-refractivity contribution >= 4 is 10.9 Å². The fourth-order valence-corrected chi connectivity index (χ4v) is 3.65. The van der Waals surface area contributed by atoms with Crippen molar-refractivity contribution in [2.45, 2.75) is 25.4 Å². The van der Waals surface area contributed by atoms with E-state index in [4.69, 9.17) is 0 Å². The van der Waals surface area contributed by atoms with E-state index in [1.165, 1.54) is 35.9 Å². The van der Waals surface area contributed by atoms with Gasteiger partial charge in [0.2, 0.25) is 0 Å². The predicted molar refractivity (Wildman–Crippen MR) is 78.5 cm³/mol. The van der Waals surface area contributed by atoms with Crippen molar-refractivity contribution in [3.8, 4) is 0 Å². The monoisotopic (exact) mass is 255 g/mol. The molecule has 0 saturated carbocycles. The Morgan fingerprint density at radius 3 is 3.11 bits per heavy atom. The van der Waals surface area contributed by atoms with E-state index in [0.717, 1.165) is 19.6 Å². The zero-order valence-electron chi connectivity index (χ0n) is 11.5. The lowest BCUT2D eigenvalue weighted by atomic mass is 9.95. The van der Waals surface area contributed by atoms with Gasteiger partial charge in [0.25, 0.3) is 0 Å². The summed E-state index contributed by atoms with van der Waals surface area (Å²) in [7, 11) is 2.24. The summed E-state index contributed by atoms with van der Waals surface area (Å²) in [6.07, 6.45) is 4.76. The molecule has 0 spiro atoms. The highest BCUT2D eigenvalue weighted by Crippen LogP contribution is 2.31. The molecule has 3 nitrogen and oxygen atoms in total. The Kier molecular flexibility index (Phi) is 2.64. The summed E-state index contributed by atoms with van der Waals surface area (Å²) in [5.74, 6) is 0. The molecule has 4 rings (SSSR count). The molecule has 3 heterocycles. The lowest BCUT2D eigenvalue weighted by molar-refractivity contribution is 0.202. The lowest BCUT2D eigenvalue weighted by Gasteiger charge is -2.34. The largest absolute Gasteiger partial charge is 0.347 e. The fraction of sp³-hybridized carbons (Fsp3) is 0.500. The highest BCUT2D eigenvalue weighted by atomic mass is 15.2. The van der Waals surface area contributed by atoms with E-state index in [1.54, 1.807) is 5.56 Å². The molecule has 2 aliphatic rings. The second-order valence-electron chi connectivity index (χ2n) is 5.93. The molecule has 1 aromatic heterocycles. The standard InChI is InChI=1S/C16H21N3/c1-18-8-5-17-11-15(18)14-9-12-3-2-6-19-7-4-13(10-14)16(12)19/h4,7,9-10,15,17H,2-3,5-6,8,11H2,1H3. The zero-order valence-corrected chi connectivity index (χ0v) is 11.5. The molecule has 2 aromatic rings. The second kappa shape index (κ2) is 4.36. The topological polar surface area (TPSA) is 20.2 Å².